The molecule has 2 N–H and O–H groups in total. The minimum absolute atomic E-state index is 0.194. The highest BCUT2D eigenvalue weighted by atomic mass is 79.9. The number of aromatic nitrogens is 1. The van der Waals surface area contributed by atoms with Crippen molar-refractivity contribution in [1.29, 1.82) is 0 Å². The number of halogens is 2. The van der Waals surface area contributed by atoms with Gasteiger partial charge in [0, 0.05) is 27.1 Å². The molecule has 1 saturated heterocycles. The predicted octanol–water partition coefficient (Wildman–Crippen LogP) is 3.88. The molecule has 1 unspecified atom stereocenters. The van der Waals surface area contributed by atoms with Crippen LogP contribution in [-0.4, -0.2) is 11.5 Å². The zero-order valence-electron chi connectivity index (χ0n) is 9.39. The van der Waals surface area contributed by atoms with Gasteiger partial charge in [0.2, 0.25) is 0 Å². The molecule has 4 heteroatoms. The van der Waals surface area contributed by atoms with Crippen molar-refractivity contribution < 1.29 is 4.39 Å². The number of rotatable bonds is 1. The van der Waals surface area contributed by atoms with Crippen LogP contribution in [0.3, 0.4) is 0 Å². The summed E-state index contributed by atoms with van der Waals surface area (Å²) in [7, 11) is 0. The Morgan fingerprint density at radius 3 is 2.94 bits per heavy atom. The van der Waals surface area contributed by atoms with Crippen LogP contribution in [0.1, 0.15) is 31.0 Å². The molecule has 1 atom stereocenters. The van der Waals surface area contributed by atoms with Crippen LogP contribution in [0.4, 0.5) is 4.39 Å². The van der Waals surface area contributed by atoms with Crippen LogP contribution in [0, 0.1) is 5.82 Å². The summed E-state index contributed by atoms with van der Waals surface area (Å²) in [5.41, 5.74) is 2.13. The van der Waals surface area contributed by atoms with E-state index in [1.807, 2.05) is 0 Å². The van der Waals surface area contributed by atoms with Gasteiger partial charge >= 0.3 is 0 Å². The van der Waals surface area contributed by atoms with Crippen LogP contribution in [0.5, 0.6) is 0 Å². The predicted molar refractivity (Wildman–Crippen MR) is 70.6 cm³/mol. The van der Waals surface area contributed by atoms with Crippen molar-refractivity contribution >= 4 is 26.8 Å². The van der Waals surface area contributed by atoms with Gasteiger partial charge in [-0.2, -0.15) is 0 Å². The topological polar surface area (TPSA) is 27.8 Å². The molecule has 1 aromatic carbocycles. The molecule has 1 aliphatic heterocycles. The lowest BCUT2D eigenvalue weighted by Gasteiger charge is -2.22. The maximum Gasteiger partial charge on any atom is 0.123 e. The van der Waals surface area contributed by atoms with Gasteiger partial charge in [0.25, 0.3) is 0 Å². The molecule has 3 rings (SSSR count). The van der Waals surface area contributed by atoms with Crippen molar-refractivity contribution in [3.05, 3.63) is 34.2 Å². The number of nitrogens with one attached hydrogen (secondary N) is 2. The second kappa shape index (κ2) is 4.42. The average molecular weight is 297 g/mol. The average Bonchev–Trinajstić information content (AvgIpc) is 2.68. The SMILES string of the molecule is Fc1ccc2[nH]c(C3CCCCN3)c(Br)c2c1. The van der Waals surface area contributed by atoms with Crippen LogP contribution >= 0.6 is 15.9 Å². The summed E-state index contributed by atoms with van der Waals surface area (Å²) in [6, 6.07) is 5.21. The van der Waals surface area contributed by atoms with E-state index in [2.05, 4.69) is 26.2 Å². The molecular formula is C13H14BrFN2. The molecule has 1 aliphatic rings. The first-order chi connectivity index (χ1) is 8.25. The summed E-state index contributed by atoms with van der Waals surface area (Å²) >= 11 is 3.58. The second-order valence-electron chi connectivity index (χ2n) is 4.55. The Kier molecular flexibility index (Phi) is 2.92. The quantitative estimate of drug-likeness (QED) is 0.821. The highest BCUT2D eigenvalue weighted by Gasteiger charge is 2.20. The molecule has 17 heavy (non-hydrogen) atoms. The van der Waals surface area contributed by atoms with E-state index in [1.54, 1.807) is 12.1 Å². The van der Waals surface area contributed by atoms with Crippen LogP contribution in [-0.2, 0) is 0 Å². The third-order valence-corrected chi connectivity index (χ3v) is 4.24. The molecule has 1 fully saturated rings. The minimum atomic E-state index is -0.194. The third-order valence-electron chi connectivity index (χ3n) is 3.38. The molecule has 90 valence electrons. The van der Waals surface area contributed by atoms with Crippen LogP contribution in [0.2, 0.25) is 0 Å². The number of benzene rings is 1. The largest absolute Gasteiger partial charge is 0.356 e. The maximum atomic E-state index is 13.2. The fourth-order valence-corrected chi connectivity index (χ4v) is 3.19. The number of hydrogen-bond donors (Lipinski definition) is 2. The number of aromatic amines is 1. The van der Waals surface area contributed by atoms with Gasteiger partial charge < -0.3 is 10.3 Å². The van der Waals surface area contributed by atoms with Crippen molar-refractivity contribution in [2.24, 2.45) is 0 Å². The van der Waals surface area contributed by atoms with E-state index in [9.17, 15) is 4.39 Å². The Labute approximate surface area is 108 Å². The van der Waals surface area contributed by atoms with E-state index >= 15 is 0 Å². The van der Waals surface area contributed by atoms with E-state index in [0.29, 0.717) is 6.04 Å². The highest BCUT2D eigenvalue weighted by Crippen LogP contribution is 2.34. The number of H-pyrrole nitrogens is 1. The molecule has 0 spiro atoms. The summed E-state index contributed by atoms with van der Waals surface area (Å²) in [6.07, 6.45) is 3.62. The monoisotopic (exact) mass is 296 g/mol. The Bertz CT molecular complexity index is 544. The summed E-state index contributed by atoms with van der Waals surface area (Å²) in [4.78, 5) is 3.38. The molecule has 2 aromatic rings. The molecular weight excluding hydrogens is 283 g/mol. The summed E-state index contributed by atoms with van der Waals surface area (Å²) in [6.45, 7) is 1.06. The van der Waals surface area contributed by atoms with Crippen molar-refractivity contribution in [3.8, 4) is 0 Å². The minimum Gasteiger partial charge on any atom is -0.356 e. The van der Waals surface area contributed by atoms with Crippen molar-refractivity contribution in [2.45, 2.75) is 25.3 Å². The molecule has 2 heterocycles. The molecule has 0 radical (unpaired) electrons. The molecule has 0 saturated carbocycles. The smallest absolute Gasteiger partial charge is 0.123 e. The lowest BCUT2D eigenvalue weighted by atomic mass is 10.0. The van der Waals surface area contributed by atoms with Gasteiger partial charge in [-0.05, 0) is 53.5 Å². The standard InChI is InChI=1S/C13H14BrFN2/c14-12-9-7-8(15)4-5-10(9)17-13(12)11-3-1-2-6-16-11/h4-5,7,11,16-17H,1-3,6H2. The fourth-order valence-electron chi connectivity index (χ4n) is 2.49. The Morgan fingerprint density at radius 1 is 1.29 bits per heavy atom. The Morgan fingerprint density at radius 2 is 2.18 bits per heavy atom. The lowest BCUT2D eigenvalue weighted by Crippen LogP contribution is -2.27. The number of piperidine rings is 1. The van der Waals surface area contributed by atoms with E-state index < -0.39 is 0 Å². The number of hydrogen-bond acceptors (Lipinski definition) is 1. The molecule has 0 aliphatic carbocycles. The molecule has 2 nitrogen and oxygen atoms in total. The Balaban J connectivity index is 2.07. The van der Waals surface area contributed by atoms with Crippen LogP contribution < -0.4 is 5.32 Å². The van der Waals surface area contributed by atoms with Crippen molar-refractivity contribution in [2.75, 3.05) is 6.54 Å². The zero-order chi connectivity index (χ0) is 11.8. The summed E-state index contributed by atoms with van der Waals surface area (Å²) < 4.78 is 14.2. The zero-order valence-corrected chi connectivity index (χ0v) is 11.0. The Hall–Kier alpha value is -0.870. The van der Waals surface area contributed by atoms with E-state index in [-0.39, 0.29) is 5.82 Å². The van der Waals surface area contributed by atoms with Crippen molar-refractivity contribution in [1.82, 2.24) is 10.3 Å². The fraction of sp³-hybridized carbons (Fsp3) is 0.385. The first-order valence-corrected chi connectivity index (χ1v) is 6.75. The van der Waals surface area contributed by atoms with Gasteiger partial charge in [0.15, 0.2) is 0 Å². The highest BCUT2D eigenvalue weighted by molar-refractivity contribution is 9.10. The van der Waals surface area contributed by atoms with Crippen molar-refractivity contribution in [3.63, 3.8) is 0 Å². The summed E-state index contributed by atoms with van der Waals surface area (Å²) in [5, 5.41) is 4.42. The van der Waals surface area contributed by atoms with E-state index in [0.717, 1.165) is 34.0 Å². The number of fused-ring (bicyclic) bond motifs is 1. The van der Waals surface area contributed by atoms with Gasteiger partial charge in [0.05, 0.1) is 0 Å². The second-order valence-corrected chi connectivity index (χ2v) is 5.34. The summed E-state index contributed by atoms with van der Waals surface area (Å²) in [5.74, 6) is -0.194. The first-order valence-electron chi connectivity index (χ1n) is 5.96. The first kappa shape index (κ1) is 11.2. The lowest BCUT2D eigenvalue weighted by molar-refractivity contribution is 0.406. The van der Waals surface area contributed by atoms with E-state index in [1.165, 1.54) is 18.9 Å². The van der Waals surface area contributed by atoms with Gasteiger partial charge in [-0.15, -0.1) is 0 Å². The van der Waals surface area contributed by atoms with Gasteiger partial charge in [-0.25, -0.2) is 4.39 Å². The third kappa shape index (κ3) is 2.00. The van der Waals surface area contributed by atoms with Gasteiger partial charge in [-0.3, -0.25) is 0 Å². The van der Waals surface area contributed by atoms with Crippen LogP contribution in [0.15, 0.2) is 22.7 Å². The molecule has 0 bridgehead atoms. The van der Waals surface area contributed by atoms with E-state index in [4.69, 9.17) is 0 Å². The van der Waals surface area contributed by atoms with Gasteiger partial charge in [-0.1, -0.05) is 6.42 Å². The molecule has 1 aromatic heterocycles. The van der Waals surface area contributed by atoms with Crippen LogP contribution in [0.25, 0.3) is 10.9 Å². The van der Waals surface area contributed by atoms with Gasteiger partial charge in [0.1, 0.15) is 5.82 Å². The molecule has 0 amide bonds. The normalized spacial score (nSPS) is 20.9. The maximum absolute atomic E-state index is 13.2.